The van der Waals surface area contributed by atoms with Crippen molar-refractivity contribution in [2.75, 3.05) is 32.0 Å². The summed E-state index contributed by atoms with van der Waals surface area (Å²) in [6.07, 6.45) is 1.47. The van der Waals surface area contributed by atoms with E-state index < -0.39 is 28.9 Å². The van der Waals surface area contributed by atoms with Crippen LogP contribution in [-0.4, -0.2) is 50.1 Å². The van der Waals surface area contributed by atoms with E-state index in [4.69, 9.17) is 25.8 Å². The van der Waals surface area contributed by atoms with Gasteiger partial charge in [-0.1, -0.05) is 66.2 Å². The van der Waals surface area contributed by atoms with Crippen LogP contribution >= 0.6 is 23.4 Å². The Hall–Kier alpha value is -6.24. The highest BCUT2D eigenvalue weighted by atomic mass is 35.5. The second-order valence-corrected chi connectivity index (χ2v) is 12.8. The van der Waals surface area contributed by atoms with Crippen molar-refractivity contribution >= 4 is 64.5 Å². The maximum absolute atomic E-state index is 13.9. The van der Waals surface area contributed by atoms with Gasteiger partial charge in [-0.15, -0.1) is 11.8 Å². The molecule has 5 aromatic carbocycles. The summed E-state index contributed by atoms with van der Waals surface area (Å²) >= 11 is 7.52. The van der Waals surface area contributed by atoms with E-state index in [2.05, 4.69) is 16.0 Å². The van der Waals surface area contributed by atoms with Gasteiger partial charge in [0.1, 0.15) is 16.7 Å². The molecule has 0 aliphatic heterocycles. The standard InChI is InChI=1S/C40H34ClN3O8S/c1-50-33-23-35(52-3)34(51-2)21-27(33)20-32(44-37(45)25-13-8-5-9-14-25)38(46)42-28-15-10-16-29(22-28)53-36(24-11-6-4-7-12-24)39(47)43-31-19-26(40(48)49)17-18-30(31)41/h4-23,36H,1-3H3,(H,42,46)(H,43,47)(H,44,45)(H,48,49)/b32-20+. The molecule has 11 nitrogen and oxygen atoms in total. The predicted octanol–water partition coefficient (Wildman–Crippen LogP) is 7.95. The van der Waals surface area contributed by atoms with Crippen LogP contribution in [0.2, 0.25) is 5.02 Å². The van der Waals surface area contributed by atoms with Crippen LogP contribution in [0.3, 0.4) is 0 Å². The molecule has 4 N–H and O–H groups in total. The molecule has 0 fully saturated rings. The zero-order valence-corrected chi connectivity index (χ0v) is 30.3. The van der Waals surface area contributed by atoms with Gasteiger partial charge in [0.05, 0.1) is 37.6 Å². The van der Waals surface area contributed by atoms with Gasteiger partial charge in [-0.05, 0) is 66.2 Å². The highest BCUT2D eigenvalue weighted by Crippen LogP contribution is 2.39. The number of methoxy groups -OCH3 is 3. The van der Waals surface area contributed by atoms with Crippen LogP contribution in [0.25, 0.3) is 6.08 Å². The smallest absolute Gasteiger partial charge is 0.335 e. The molecule has 1 atom stereocenters. The first-order valence-corrected chi connectivity index (χ1v) is 17.2. The number of carbonyl (C=O) groups excluding carboxylic acids is 3. The summed E-state index contributed by atoms with van der Waals surface area (Å²) in [6.45, 7) is 0. The number of aromatic carboxylic acids is 1. The van der Waals surface area contributed by atoms with Gasteiger partial charge in [-0.3, -0.25) is 14.4 Å². The Morgan fingerprint density at radius 1 is 0.717 bits per heavy atom. The zero-order chi connectivity index (χ0) is 37.9. The number of thioether (sulfide) groups is 1. The maximum atomic E-state index is 13.9. The summed E-state index contributed by atoms with van der Waals surface area (Å²) in [5.41, 5.74) is 1.85. The number of halogens is 1. The number of carboxylic acids is 1. The Kier molecular flexibility index (Phi) is 12.8. The van der Waals surface area contributed by atoms with E-state index in [0.29, 0.717) is 44.5 Å². The summed E-state index contributed by atoms with van der Waals surface area (Å²) in [5, 5.41) is 17.2. The Balaban J connectivity index is 1.44. The predicted molar refractivity (Wildman–Crippen MR) is 205 cm³/mol. The number of ether oxygens (including phenoxy) is 3. The molecule has 0 heterocycles. The number of rotatable bonds is 14. The van der Waals surface area contributed by atoms with E-state index in [9.17, 15) is 24.3 Å². The number of anilines is 2. The minimum atomic E-state index is -1.16. The average molecular weight is 752 g/mol. The number of hydrogen-bond donors (Lipinski definition) is 4. The van der Waals surface area contributed by atoms with Crippen molar-refractivity contribution in [2.24, 2.45) is 0 Å². The molecule has 0 saturated carbocycles. The van der Waals surface area contributed by atoms with Crippen molar-refractivity contribution in [3.05, 3.63) is 148 Å². The summed E-state index contributed by atoms with van der Waals surface area (Å²) in [6, 6.07) is 31.6. The van der Waals surface area contributed by atoms with Crippen LogP contribution in [0, 0.1) is 0 Å². The monoisotopic (exact) mass is 751 g/mol. The first-order chi connectivity index (χ1) is 25.6. The van der Waals surface area contributed by atoms with E-state index >= 15 is 0 Å². The van der Waals surface area contributed by atoms with Crippen LogP contribution < -0.4 is 30.2 Å². The van der Waals surface area contributed by atoms with Gasteiger partial charge in [-0.2, -0.15) is 0 Å². The molecule has 5 rings (SSSR count). The van der Waals surface area contributed by atoms with Gasteiger partial charge in [0.25, 0.3) is 11.8 Å². The number of benzene rings is 5. The summed E-state index contributed by atoms with van der Waals surface area (Å²) in [4.78, 5) is 53.1. The highest BCUT2D eigenvalue weighted by Gasteiger charge is 2.24. The van der Waals surface area contributed by atoms with Crippen LogP contribution in [0.4, 0.5) is 11.4 Å². The molecule has 0 aromatic heterocycles. The lowest BCUT2D eigenvalue weighted by molar-refractivity contribution is -0.116. The van der Waals surface area contributed by atoms with Crippen molar-refractivity contribution in [3.63, 3.8) is 0 Å². The summed E-state index contributed by atoms with van der Waals surface area (Å²) in [5.74, 6) is -1.60. The third-order valence-electron chi connectivity index (χ3n) is 7.72. The Morgan fingerprint density at radius 2 is 1.38 bits per heavy atom. The lowest BCUT2D eigenvalue weighted by Gasteiger charge is -2.18. The normalized spacial score (nSPS) is 11.5. The minimum Gasteiger partial charge on any atom is -0.496 e. The number of hydrogen-bond acceptors (Lipinski definition) is 8. The van der Waals surface area contributed by atoms with E-state index in [1.807, 2.05) is 6.07 Å². The molecule has 1 unspecified atom stereocenters. The van der Waals surface area contributed by atoms with E-state index in [1.165, 1.54) is 57.4 Å². The Labute approximate surface area is 314 Å². The van der Waals surface area contributed by atoms with Crippen molar-refractivity contribution in [2.45, 2.75) is 10.1 Å². The zero-order valence-electron chi connectivity index (χ0n) is 28.7. The molecule has 0 aliphatic carbocycles. The topological polar surface area (TPSA) is 152 Å². The van der Waals surface area contributed by atoms with Gasteiger partial charge in [0, 0.05) is 27.8 Å². The highest BCUT2D eigenvalue weighted by molar-refractivity contribution is 8.00. The number of amides is 3. The fourth-order valence-electron chi connectivity index (χ4n) is 5.10. The molecule has 53 heavy (non-hydrogen) atoms. The maximum Gasteiger partial charge on any atom is 0.335 e. The molecule has 0 spiro atoms. The van der Waals surface area contributed by atoms with Gasteiger partial charge in [0.15, 0.2) is 11.5 Å². The quantitative estimate of drug-likeness (QED) is 0.0655. The fourth-order valence-corrected chi connectivity index (χ4v) is 6.35. The largest absolute Gasteiger partial charge is 0.496 e. The van der Waals surface area contributed by atoms with Crippen LogP contribution in [0.5, 0.6) is 17.2 Å². The second kappa shape index (κ2) is 17.8. The van der Waals surface area contributed by atoms with Crippen molar-refractivity contribution in [1.29, 1.82) is 0 Å². The molecule has 5 aromatic rings. The van der Waals surface area contributed by atoms with Crippen LogP contribution in [-0.2, 0) is 9.59 Å². The third-order valence-corrected chi connectivity index (χ3v) is 9.30. The molecular weight excluding hydrogens is 718 g/mol. The molecule has 13 heteroatoms. The second-order valence-electron chi connectivity index (χ2n) is 11.2. The average Bonchev–Trinajstić information content (AvgIpc) is 3.17. The molecule has 0 saturated heterocycles. The summed E-state index contributed by atoms with van der Waals surface area (Å²) < 4.78 is 16.4. The molecule has 0 radical (unpaired) electrons. The van der Waals surface area contributed by atoms with Crippen molar-refractivity contribution < 1.29 is 38.5 Å². The Morgan fingerprint density at radius 3 is 2.04 bits per heavy atom. The molecule has 3 amide bonds. The first-order valence-electron chi connectivity index (χ1n) is 15.9. The lowest BCUT2D eigenvalue weighted by atomic mass is 10.1. The van der Waals surface area contributed by atoms with E-state index in [0.717, 1.165) is 0 Å². The molecule has 0 bridgehead atoms. The number of nitrogens with one attached hydrogen (secondary N) is 3. The lowest BCUT2D eigenvalue weighted by Crippen LogP contribution is -2.30. The van der Waals surface area contributed by atoms with E-state index in [1.54, 1.807) is 91.0 Å². The third kappa shape index (κ3) is 9.76. The Bertz CT molecular complexity index is 2160. The van der Waals surface area contributed by atoms with Gasteiger partial charge < -0.3 is 35.3 Å². The fraction of sp³-hybridized carbons (Fsp3) is 0.100. The minimum absolute atomic E-state index is 0.0324. The van der Waals surface area contributed by atoms with Crippen LogP contribution in [0.1, 0.15) is 37.1 Å². The first kappa shape index (κ1) is 38.0. The number of carbonyl (C=O) groups is 4. The molecule has 0 aliphatic rings. The van der Waals surface area contributed by atoms with Crippen molar-refractivity contribution in [3.8, 4) is 17.2 Å². The van der Waals surface area contributed by atoms with E-state index in [-0.39, 0.29) is 22.0 Å². The van der Waals surface area contributed by atoms with Gasteiger partial charge in [0.2, 0.25) is 5.91 Å². The van der Waals surface area contributed by atoms with Crippen LogP contribution in [0.15, 0.2) is 126 Å². The van der Waals surface area contributed by atoms with Gasteiger partial charge in [-0.25, -0.2) is 4.79 Å². The molecule has 270 valence electrons. The van der Waals surface area contributed by atoms with Gasteiger partial charge >= 0.3 is 5.97 Å². The van der Waals surface area contributed by atoms with Crippen molar-refractivity contribution in [1.82, 2.24) is 5.32 Å². The SMILES string of the molecule is COc1cc(OC)c(OC)cc1/C=C(/NC(=O)c1ccccc1)C(=O)Nc1cccc(SC(C(=O)Nc2cc(C(=O)O)ccc2Cl)c2ccccc2)c1. The molecular formula is C40H34ClN3O8S. The summed E-state index contributed by atoms with van der Waals surface area (Å²) in [7, 11) is 4.43. The number of carboxylic acid groups (broad SMARTS) is 1.